The second-order valence-corrected chi connectivity index (χ2v) is 9.51. The van der Waals surface area contributed by atoms with E-state index in [0.717, 1.165) is 54.8 Å². The van der Waals surface area contributed by atoms with E-state index in [2.05, 4.69) is 29.6 Å². The van der Waals surface area contributed by atoms with E-state index in [9.17, 15) is 4.79 Å². The minimum atomic E-state index is -0.373. The molecular formula is C24H28ClN7O2. The van der Waals surface area contributed by atoms with Crippen LogP contribution in [0, 0.1) is 0 Å². The van der Waals surface area contributed by atoms with Crippen molar-refractivity contribution in [2.45, 2.75) is 58.2 Å². The molecule has 2 aromatic heterocycles. The molecule has 1 saturated heterocycles. The summed E-state index contributed by atoms with van der Waals surface area (Å²) in [5, 5.41) is 9.84. The van der Waals surface area contributed by atoms with Crippen LogP contribution in [0.15, 0.2) is 36.7 Å². The highest BCUT2D eigenvalue weighted by atomic mass is 35.5. The number of aromatic nitrogens is 5. The summed E-state index contributed by atoms with van der Waals surface area (Å²) in [4.78, 5) is 25.6. The van der Waals surface area contributed by atoms with Crippen LogP contribution in [0.25, 0.3) is 5.69 Å². The van der Waals surface area contributed by atoms with Gasteiger partial charge in [-0.15, -0.1) is 10.2 Å². The van der Waals surface area contributed by atoms with Crippen molar-refractivity contribution in [3.05, 3.63) is 58.9 Å². The Morgan fingerprint density at radius 3 is 2.53 bits per heavy atom. The lowest BCUT2D eigenvalue weighted by atomic mass is 9.95. The van der Waals surface area contributed by atoms with Crippen molar-refractivity contribution in [2.24, 2.45) is 0 Å². The van der Waals surface area contributed by atoms with Gasteiger partial charge in [-0.05, 0) is 63.4 Å². The zero-order chi connectivity index (χ0) is 23.8. The van der Waals surface area contributed by atoms with Crippen molar-refractivity contribution in [1.29, 1.82) is 0 Å². The zero-order valence-electron chi connectivity index (χ0n) is 19.6. The topological polar surface area (TPSA) is 89.3 Å². The lowest BCUT2D eigenvalue weighted by Crippen LogP contribution is -2.35. The monoisotopic (exact) mass is 481 g/mol. The summed E-state index contributed by atoms with van der Waals surface area (Å²) in [7, 11) is 0. The summed E-state index contributed by atoms with van der Waals surface area (Å²) in [6.45, 7) is 7.72. The number of carbonyl (C=O) groups excluding carboxylic acids is 1. The van der Waals surface area contributed by atoms with Gasteiger partial charge in [0.15, 0.2) is 5.82 Å². The Kier molecular flexibility index (Phi) is 6.12. The highest BCUT2D eigenvalue weighted by Crippen LogP contribution is 2.37. The van der Waals surface area contributed by atoms with Gasteiger partial charge < -0.3 is 9.64 Å². The summed E-state index contributed by atoms with van der Waals surface area (Å²) in [5.41, 5.74) is 1.90. The minimum absolute atomic E-state index is 0.214. The number of rotatable bonds is 3. The molecule has 4 heterocycles. The number of fused-ring (bicyclic) bond motifs is 3. The predicted octanol–water partition coefficient (Wildman–Crippen LogP) is 4.52. The van der Waals surface area contributed by atoms with Crippen molar-refractivity contribution >= 4 is 23.6 Å². The predicted molar refractivity (Wildman–Crippen MR) is 128 cm³/mol. The molecule has 34 heavy (non-hydrogen) atoms. The number of ether oxygens (including phenoxy) is 1. The first-order valence-corrected chi connectivity index (χ1v) is 12.0. The fourth-order valence-electron chi connectivity index (χ4n) is 4.73. The molecule has 5 rings (SSSR count). The van der Waals surface area contributed by atoms with Crippen LogP contribution in [-0.4, -0.2) is 54.9 Å². The number of nitrogens with zero attached hydrogens (tertiary/aromatic N) is 7. The van der Waals surface area contributed by atoms with E-state index in [4.69, 9.17) is 16.3 Å². The molecule has 10 heteroatoms. The molecule has 0 saturated carbocycles. The number of amides is 1. The van der Waals surface area contributed by atoms with E-state index in [-0.39, 0.29) is 24.2 Å². The number of anilines is 1. The number of hydrogen-bond donors (Lipinski definition) is 0. The number of carbonyl (C=O) groups is 1. The van der Waals surface area contributed by atoms with E-state index in [1.807, 2.05) is 45.0 Å². The molecule has 1 unspecified atom stereocenters. The van der Waals surface area contributed by atoms with E-state index >= 15 is 0 Å². The van der Waals surface area contributed by atoms with E-state index in [1.54, 1.807) is 17.3 Å². The standard InChI is InChI=1S/C24H28ClN7O2/c1-15(2)34-24(33)31-14-18-13-19(25)5-6-20(18)32-21(16(31)3)28-29-22(32)17-7-11-30(12-8-17)23-26-9-4-10-27-23/h4-6,9-10,13,15-17H,7-8,11-12,14H2,1-3H3. The molecule has 9 nitrogen and oxygen atoms in total. The number of hydrogen-bond acceptors (Lipinski definition) is 7. The maximum Gasteiger partial charge on any atom is 0.410 e. The molecule has 0 spiro atoms. The maximum atomic E-state index is 13.0. The quantitative estimate of drug-likeness (QED) is 0.543. The molecule has 178 valence electrons. The van der Waals surface area contributed by atoms with Crippen LogP contribution in [-0.2, 0) is 11.3 Å². The third-order valence-electron chi connectivity index (χ3n) is 6.44. The van der Waals surface area contributed by atoms with Gasteiger partial charge in [0.05, 0.1) is 24.4 Å². The molecular weight excluding hydrogens is 454 g/mol. The lowest BCUT2D eigenvalue weighted by Gasteiger charge is -2.31. The molecule has 2 aliphatic heterocycles. The second kappa shape index (κ2) is 9.21. The number of piperidine rings is 1. The van der Waals surface area contributed by atoms with Crippen molar-refractivity contribution < 1.29 is 9.53 Å². The Balaban J connectivity index is 1.49. The van der Waals surface area contributed by atoms with Crippen molar-refractivity contribution in [1.82, 2.24) is 29.6 Å². The summed E-state index contributed by atoms with van der Waals surface area (Å²) in [6.07, 6.45) is 4.77. The molecule has 1 aromatic carbocycles. The van der Waals surface area contributed by atoms with Crippen LogP contribution >= 0.6 is 11.6 Å². The van der Waals surface area contributed by atoms with Gasteiger partial charge >= 0.3 is 6.09 Å². The highest BCUT2D eigenvalue weighted by molar-refractivity contribution is 6.30. The van der Waals surface area contributed by atoms with Crippen LogP contribution in [0.5, 0.6) is 0 Å². The summed E-state index contributed by atoms with van der Waals surface area (Å²) >= 11 is 6.35. The van der Waals surface area contributed by atoms with Crippen molar-refractivity contribution in [3.63, 3.8) is 0 Å². The van der Waals surface area contributed by atoms with E-state index in [1.165, 1.54) is 0 Å². The Hall–Kier alpha value is -3.20. The van der Waals surface area contributed by atoms with Crippen molar-refractivity contribution in [2.75, 3.05) is 18.0 Å². The van der Waals surface area contributed by atoms with E-state index in [0.29, 0.717) is 11.6 Å². The third-order valence-corrected chi connectivity index (χ3v) is 6.68. The second-order valence-electron chi connectivity index (χ2n) is 9.07. The largest absolute Gasteiger partial charge is 0.447 e. The molecule has 0 bridgehead atoms. The fourth-order valence-corrected chi connectivity index (χ4v) is 4.93. The van der Waals surface area contributed by atoms with Gasteiger partial charge in [0, 0.05) is 36.4 Å². The molecule has 1 atom stereocenters. The van der Waals surface area contributed by atoms with Crippen LogP contribution in [0.3, 0.4) is 0 Å². The summed E-state index contributed by atoms with van der Waals surface area (Å²) < 4.78 is 7.66. The van der Waals surface area contributed by atoms with Gasteiger partial charge in [0.25, 0.3) is 0 Å². The Morgan fingerprint density at radius 1 is 1.12 bits per heavy atom. The van der Waals surface area contributed by atoms with Crippen LogP contribution in [0.4, 0.5) is 10.7 Å². The first-order chi connectivity index (χ1) is 16.4. The van der Waals surface area contributed by atoms with Gasteiger partial charge in [-0.3, -0.25) is 9.47 Å². The molecule has 0 aliphatic carbocycles. The Morgan fingerprint density at radius 2 is 1.82 bits per heavy atom. The minimum Gasteiger partial charge on any atom is -0.447 e. The van der Waals surface area contributed by atoms with Gasteiger partial charge in [0.1, 0.15) is 5.82 Å². The average molecular weight is 482 g/mol. The lowest BCUT2D eigenvalue weighted by molar-refractivity contribution is 0.0618. The van der Waals surface area contributed by atoms with Crippen molar-refractivity contribution in [3.8, 4) is 5.69 Å². The highest BCUT2D eigenvalue weighted by Gasteiger charge is 2.36. The van der Waals surface area contributed by atoms with Crippen LogP contribution in [0.1, 0.15) is 62.8 Å². The zero-order valence-corrected chi connectivity index (χ0v) is 20.3. The summed E-state index contributed by atoms with van der Waals surface area (Å²) in [5.74, 6) is 2.63. The van der Waals surface area contributed by atoms with Gasteiger partial charge in [0.2, 0.25) is 5.95 Å². The van der Waals surface area contributed by atoms with Crippen LogP contribution in [0.2, 0.25) is 5.02 Å². The third kappa shape index (κ3) is 4.20. The Bertz CT molecular complexity index is 1180. The number of halogens is 1. The maximum absolute atomic E-state index is 13.0. The van der Waals surface area contributed by atoms with Gasteiger partial charge in [-0.1, -0.05) is 11.6 Å². The summed E-state index contributed by atoms with van der Waals surface area (Å²) in [6, 6.07) is 7.29. The first kappa shape index (κ1) is 22.6. The fraction of sp³-hybridized carbons (Fsp3) is 0.458. The molecule has 1 fully saturated rings. The van der Waals surface area contributed by atoms with Gasteiger partial charge in [-0.25, -0.2) is 14.8 Å². The smallest absolute Gasteiger partial charge is 0.410 e. The molecule has 1 amide bonds. The Labute approximate surface area is 203 Å². The number of benzene rings is 1. The molecule has 3 aromatic rings. The molecule has 2 aliphatic rings. The first-order valence-electron chi connectivity index (χ1n) is 11.7. The molecule has 0 radical (unpaired) electrons. The normalized spacial score (nSPS) is 18.4. The van der Waals surface area contributed by atoms with Crippen LogP contribution < -0.4 is 4.90 Å². The SMILES string of the molecule is CC(C)OC(=O)N1Cc2cc(Cl)ccc2-n2c(C3CCN(c4ncccn4)CC3)nnc2C1C. The van der Waals surface area contributed by atoms with Gasteiger partial charge in [-0.2, -0.15) is 0 Å². The average Bonchev–Trinajstić information content (AvgIpc) is 3.22. The van der Waals surface area contributed by atoms with E-state index < -0.39 is 0 Å². The molecule has 0 N–H and O–H groups in total.